The minimum absolute atomic E-state index is 0.741. The van der Waals surface area contributed by atoms with Crippen molar-refractivity contribution in [2.24, 2.45) is 5.92 Å². The van der Waals surface area contributed by atoms with Crippen molar-refractivity contribution in [3.8, 4) is 0 Å². The number of nitrogens with one attached hydrogen (secondary N) is 1. The molecule has 0 bridgehead atoms. The summed E-state index contributed by atoms with van der Waals surface area (Å²) in [6.45, 7) is 2.33. The normalized spacial score (nSPS) is 25.4. The summed E-state index contributed by atoms with van der Waals surface area (Å²) in [6.07, 6.45) is 4.14. The molecule has 1 aromatic rings. The fourth-order valence-corrected chi connectivity index (χ4v) is 3.55. The third-order valence-corrected chi connectivity index (χ3v) is 4.44. The summed E-state index contributed by atoms with van der Waals surface area (Å²) < 4.78 is 0. The van der Waals surface area contributed by atoms with Gasteiger partial charge in [0.2, 0.25) is 0 Å². The fraction of sp³-hybridized carbons (Fsp3) is 0.692. The Labute approximate surface area is 103 Å². The highest BCUT2D eigenvalue weighted by atomic mass is 32.1. The fourth-order valence-electron chi connectivity index (χ4n) is 2.77. The Bertz CT molecular complexity index is 297. The second-order valence-electron chi connectivity index (χ2n) is 4.86. The number of hydrogen-bond donors (Lipinski definition) is 1. The standard InChI is InChI=1S/C13H22N2S/c1-14-13-7-3-5-11(13)9-15(2)10-12-6-4-8-16-12/h4,6,8,11,13-14H,3,5,7,9-10H2,1-2H3. The Morgan fingerprint density at radius 2 is 2.38 bits per heavy atom. The van der Waals surface area contributed by atoms with E-state index in [1.807, 2.05) is 11.3 Å². The molecule has 0 spiro atoms. The lowest BCUT2D eigenvalue weighted by Crippen LogP contribution is -2.36. The Balaban J connectivity index is 1.80. The summed E-state index contributed by atoms with van der Waals surface area (Å²) in [4.78, 5) is 3.94. The van der Waals surface area contributed by atoms with Crippen molar-refractivity contribution in [1.82, 2.24) is 10.2 Å². The molecule has 2 unspecified atom stereocenters. The van der Waals surface area contributed by atoms with Gasteiger partial charge in [0.25, 0.3) is 0 Å². The van der Waals surface area contributed by atoms with Crippen molar-refractivity contribution in [2.45, 2.75) is 31.8 Å². The van der Waals surface area contributed by atoms with Gasteiger partial charge in [-0.15, -0.1) is 11.3 Å². The van der Waals surface area contributed by atoms with Crippen LogP contribution in [0.4, 0.5) is 0 Å². The van der Waals surface area contributed by atoms with Crippen LogP contribution in [-0.4, -0.2) is 31.6 Å². The monoisotopic (exact) mass is 238 g/mol. The average molecular weight is 238 g/mol. The molecule has 0 aromatic carbocycles. The smallest absolute Gasteiger partial charge is 0.0324 e. The van der Waals surface area contributed by atoms with Gasteiger partial charge in [-0.25, -0.2) is 0 Å². The van der Waals surface area contributed by atoms with Crippen molar-refractivity contribution in [1.29, 1.82) is 0 Å². The van der Waals surface area contributed by atoms with Gasteiger partial charge >= 0.3 is 0 Å². The minimum Gasteiger partial charge on any atom is -0.317 e. The van der Waals surface area contributed by atoms with Crippen molar-refractivity contribution in [2.75, 3.05) is 20.6 Å². The second-order valence-corrected chi connectivity index (χ2v) is 5.89. The summed E-state index contributed by atoms with van der Waals surface area (Å²) in [7, 11) is 4.34. The number of hydrogen-bond acceptors (Lipinski definition) is 3. The molecule has 1 saturated carbocycles. The van der Waals surface area contributed by atoms with E-state index < -0.39 is 0 Å². The van der Waals surface area contributed by atoms with Crippen molar-refractivity contribution in [3.05, 3.63) is 22.4 Å². The first-order valence-corrected chi connectivity index (χ1v) is 7.05. The molecule has 16 heavy (non-hydrogen) atoms. The molecule has 1 aliphatic carbocycles. The van der Waals surface area contributed by atoms with Crippen LogP contribution in [-0.2, 0) is 6.54 Å². The number of thiophene rings is 1. The zero-order chi connectivity index (χ0) is 11.4. The molecular weight excluding hydrogens is 216 g/mol. The van der Waals surface area contributed by atoms with Gasteiger partial charge in [-0.05, 0) is 44.3 Å². The first-order chi connectivity index (χ1) is 7.79. The lowest BCUT2D eigenvalue weighted by atomic mass is 10.0. The molecule has 0 saturated heterocycles. The molecule has 0 aliphatic heterocycles. The summed E-state index contributed by atoms with van der Waals surface area (Å²) in [5, 5.41) is 5.62. The molecule has 2 nitrogen and oxygen atoms in total. The van der Waals surface area contributed by atoms with Gasteiger partial charge in [0.05, 0.1) is 0 Å². The first kappa shape index (κ1) is 12.1. The predicted octanol–water partition coefficient (Wildman–Crippen LogP) is 2.57. The molecule has 2 atom stereocenters. The zero-order valence-electron chi connectivity index (χ0n) is 10.3. The van der Waals surface area contributed by atoms with Crippen LogP contribution in [0.2, 0.25) is 0 Å². The van der Waals surface area contributed by atoms with E-state index in [4.69, 9.17) is 0 Å². The highest BCUT2D eigenvalue weighted by Gasteiger charge is 2.26. The maximum atomic E-state index is 3.45. The SMILES string of the molecule is CNC1CCCC1CN(C)Cc1cccs1. The van der Waals surface area contributed by atoms with Crippen molar-refractivity contribution < 1.29 is 0 Å². The summed E-state index contributed by atoms with van der Waals surface area (Å²) in [5.41, 5.74) is 0. The van der Waals surface area contributed by atoms with E-state index in [1.54, 1.807) is 0 Å². The minimum atomic E-state index is 0.741. The van der Waals surface area contributed by atoms with E-state index in [0.29, 0.717) is 0 Å². The van der Waals surface area contributed by atoms with Crippen LogP contribution >= 0.6 is 11.3 Å². The topological polar surface area (TPSA) is 15.3 Å². The number of nitrogens with zero attached hydrogens (tertiary/aromatic N) is 1. The third-order valence-electron chi connectivity index (χ3n) is 3.58. The molecule has 1 fully saturated rings. The Morgan fingerprint density at radius 1 is 1.50 bits per heavy atom. The Kier molecular flexibility index (Phi) is 4.38. The quantitative estimate of drug-likeness (QED) is 0.848. The van der Waals surface area contributed by atoms with Crippen LogP contribution in [0.25, 0.3) is 0 Å². The van der Waals surface area contributed by atoms with E-state index in [1.165, 1.54) is 30.7 Å². The second kappa shape index (κ2) is 5.80. The highest BCUT2D eigenvalue weighted by molar-refractivity contribution is 7.09. The van der Waals surface area contributed by atoms with E-state index >= 15 is 0 Å². The van der Waals surface area contributed by atoms with E-state index in [-0.39, 0.29) is 0 Å². The predicted molar refractivity (Wildman–Crippen MR) is 70.8 cm³/mol. The lowest BCUT2D eigenvalue weighted by Gasteiger charge is -2.25. The van der Waals surface area contributed by atoms with Gasteiger partial charge in [0, 0.05) is 24.0 Å². The summed E-state index contributed by atoms with van der Waals surface area (Å²) >= 11 is 1.86. The highest BCUT2D eigenvalue weighted by Crippen LogP contribution is 2.26. The van der Waals surface area contributed by atoms with Crippen LogP contribution in [0.1, 0.15) is 24.1 Å². The van der Waals surface area contributed by atoms with Crippen LogP contribution in [0.15, 0.2) is 17.5 Å². The van der Waals surface area contributed by atoms with Gasteiger partial charge in [-0.1, -0.05) is 12.5 Å². The molecule has 1 N–H and O–H groups in total. The van der Waals surface area contributed by atoms with Gasteiger partial charge in [0.15, 0.2) is 0 Å². The molecule has 1 aromatic heterocycles. The molecule has 1 heterocycles. The van der Waals surface area contributed by atoms with Crippen molar-refractivity contribution >= 4 is 11.3 Å². The largest absolute Gasteiger partial charge is 0.317 e. The molecule has 1 aliphatic rings. The van der Waals surface area contributed by atoms with E-state index in [9.17, 15) is 0 Å². The molecule has 3 heteroatoms. The summed E-state index contributed by atoms with van der Waals surface area (Å²) in [5.74, 6) is 0.843. The van der Waals surface area contributed by atoms with E-state index in [0.717, 1.165) is 18.5 Å². The molecule has 0 radical (unpaired) electrons. The van der Waals surface area contributed by atoms with Gasteiger partial charge in [-0.3, -0.25) is 0 Å². The van der Waals surface area contributed by atoms with Crippen LogP contribution in [0.5, 0.6) is 0 Å². The van der Waals surface area contributed by atoms with E-state index in [2.05, 4.69) is 41.8 Å². The van der Waals surface area contributed by atoms with Crippen LogP contribution < -0.4 is 5.32 Å². The molecular formula is C13H22N2S. The average Bonchev–Trinajstić information content (AvgIpc) is 2.88. The Hall–Kier alpha value is -0.380. The molecule has 90 valence electrons. The lowest BCUT2D eigenvalue weighted by molar-refractivity contribution is 0.250. The van der Waals surface area contributed by atoms with Crippen LogP contribution in [0, 0.1) is 5.92 Å². The zero-order valence-corrected chi connectivity index (χ0v) is 11.1. The molecule has 2 rings (SSSR count). The summed E-state index contributed by atoms with van der Waals surface area (Å²) in [6, 6.07) is 5.11. The van der Waals surface area contributed by atoms with Gasteiger partial charge in [0.1, 0.15) is 0 Å². The van der Waals surface area contributed by atoms with Gasteiger partial charge in [-0.2, -0.15) is 0 Å². The number of rotatable bonds is 5. The van der Waals surface area contributed by atoms with Crippen LogP contribution in [0.3, 0.4) is 0 Å². The molecule has 0 amide bonds. The Morgan fingerprint density at radius 3 is 3.06 bits per heavy atom. The third kappa shape index (κ3) is 3.06. The van der Waals surface area contributed by atoms with Crippen molar-refractivity contribution in [3.63, 3.8) is 0 Å². The first-order valence-electron chi connectivity index (χ1n) is 6.18. The van der Waals surface area contributed by atoms with Gasteiger partial charge < -0.3 is 10.2 Å². The maximum Gasteiger partial charge on any atom is 0.0324 e. The maximum absolute atomic E-state index is 3.45.